The minimum atomic E-state index is -0.410. The van der Waals surface area contributed by atoms with Crippen LogP contribution in [0, 0.1) is 0 Å². The molecule has 2 aromatic carbocycles. The minimum Gasteiger partial charge on any atom is -0.497 e. The zero-order chi connectivity index (χ0) is 19.4. The summed E-state index contributed by atoms with van der Waals surface area (Å²) in [5.41, 5.74) is 8.56. The first-order valence-electron chi connectivity index (χ1n) is 8.91. The summed E-state index contributed by atoms with van der Waals surface area (Å²) in [5.74, 6) is 2.74. The van der Waals surface area contributed by atoms with Crippen molar-refractivity contribution >= 4 is 0 Å². The molecule has 0 aliphatic heterocycles. The van der Waals surface area contributed by atoms with Crippen LogP contribution in [0.15, 0.2) is 48.5 Å². The average molecular weight is 366 g/mol. The van der Waals surface area contributed by atoms with Gasteiger partial charge in [0.2, 0.25) is 0 Å². The number of nitrogens with zero attached hydrogens (tertiary/aromatic N) is 2. The van der Waals surface area contributed by atoms with E-state index in [1.165, 1.54) is 5.56 Å². The molecule has 0 radical (unpaired) electrons. The van der Waals surface area contributed by atoms with E-state index < -0.39 is 6.04 Å². The summed E-state index contributed by atoms with van der Waals surface area (Å²) in [5, 5.41) is 7.12. The minimum absolute atomic E-state index is 0.121. The van der Waals surface area contributed by atoms with E-state index in [4.69, 9.17) is 15.2 Å². The molecule has 0 bridgehead atoms. The normalized spacial score (nSPS) is 12.6. The zero-order valence-corrected chi connectivity index (χ0v) is 16.2. The average Bonchev–Trinajstić information content (AvgIpc) is 3.14. The molecule has 0 saturated carbocycles. The van der Waals surface area contributed by atoms with Gasteiger partial charge in [-0.05, 0) is 40.8 Å². The molecule has 1 atom stereocenters. The highest BCUT2D eigenvalue weighted by atomic mass is 16.5. The summed E-state index contributed by atoms with van der Waals surface area (Å²) in [4.78, 5) is 4.45. The van der Waals surface area contributed by atoms with Gasteiger partial charge in [0.1, 0.15) is 18.1 Å². The van der Waals surface area contributed by atoms with Crippen LogP contribution in [0.25, 0.3) is 0 Å². The van der Waals surface area contributed by atoms with Gasteiger partial charge in [0.15, 0.2) is 11.6 Å². The summed E-state index contributed by atoms with van der Waals surface area (Å²) in [7, 11) is 1.63. The van der Waals surface area contributed by atoms with Gasteiger partial charge in [-0.3, -0.25) is 5.10 Å². The molecule has 0 unspecified atom stereocenters. The van der Waals surface area contributed by atoms with E-state index in [2.05, 4.69) is 48.1 Å². The van der Waals surface area contributed by atoms with Crippen LogP contribution in [0.5, 0.6) is 11.5 Å². The standard InChI is InChI=1S/C21H26N4O2/c1-21(2,3)15-7-11-17(12-8-15)27-13-18-23-20(25-24-18)19(22)14-5-9-16(26-4)10-6-14/h5-12,19H,13,22H2,1-4H3,(H,23,24,25)/t19-/m0/s1. The predicted molar refractivity (Wildman–Crippen MR) is 105 cm³/mol. The molecule has 0 amide bonds. The monoisotopic (exact) mass is 366 g/mol. The van der Waals surface area contributed by atoms with Gasteiger partial charge in [-0.15, -0.1) is 0 Å². The Kier molecular flexibility index (Phi) is 5.46. The first-order valence-corrected chi connectivity index (χ1v) is 8.91. The number of ether oxygens (including phenoxy) is 2. The van der Waals surface area contributed by atoms with Gasteiger partial charge in [-0.1, -0.05) is 45.0 Å². The highest BCUT2D eigenvalue weighted by Gasteiger charge is 2.16. The Bertz CT molecular complexity index is 864. The van der Waals surface area contributed by atoms with Crippen LogP contribution in [0.4, 0.5) is 0 Å². The van der Waals surface area contributed by atoms with E-state index >= 15 is 0 Å². The Hall–Kier alpha value is -2.86. The Balaban J connectivity index is 1.62. The fourth-order valence-electron chi connectivity index (χ4n) is 2.68. The first-order chi connectivity index (χ1) is 12.9. The van der Waals surface area contributed by atoms with Crippen LogP contribution in [-0.4, -0.2) is 22.3 Å². The van der Waals surface area contributed by atoms with Gasteiger partial charge in [0, 0.05) is 0 Å². The summed E-state index contributed by atoms with van der Waals surface area (Å²) in [6, 6.07) is 15.3. The molecule has 0 aliphatic rings. The molecule has 1 aromatic heterocycles. The molecule has 27 heavy (non-hydrogen) atoms. The number of benzene rings is 2. The molecule has 0 fully saturated rings. The smallest absolute Gasteiger partial charge is 0.172 e. The maximum atomic E-state index is 6.26. The highest BCUT2D eigenvalue weighted by molar-refractivity contribution is 5.32. The summed E-state index contributed by atoms with van der Waals surface area (Å²) in [6.45, 7) is 6.86. The molecule has 3 N–H and O–H groups in total. The number of H-pyrrole nitrogens is 1. The predicted octanol–water partition coefficient (Wildman–Crippen LogP) is 3.74. The molecule has 142 valence electrons. The van der Waals surface area contributed by atoms with Gasteiger partial charge in [-0.25, -0.2) is 4.98 Å². The van der Waals surface area contributed by atoms with E-state index in [-0.39, 0.29) is 5.41 Å². The Morgan fingerprint density at radius 3 is 2.22 bits per heavy atom. The van der Waals surface area contributed by atoms with Gasteiger partial charge in [-0.2, -0.15) is 5.10 Å². The van der Waals surface area contributed by atoms with Crippen molar-refractivity contribution in [3.63, 3.8) is 0 Å². The SMILES string of the molecule is COc1ccc([C@H](N)c2n[nH]c(COc3ccc(C(C)(C)C)cc3)n2)cc1. The third-order valence-corrected chi connectivity index (χ3v) is 4.40. The number of methoxy groups -OCH3 is 1. The maximum absolute atomic E-state index is 6.26. The molecular formula is C21H26N4O2. The highest BCUT2D eigenvalue weighted by Crippen LogP contribution is 2.24. The van der Waals surface area contributed by atoms with Crippen molar-refractivity contribution in [2.45, 2.75) is 38.8 Å². The largest absolute Gasteiger partial charge is 0.497 e. The van der Waals surface area contributed by atoms with Crippen molar-refractivity contribution in [1.82, 2.24) is 15.2 Å². The molecule has 0 saturated heterocycles. The van der Waals surface area contributed by atoms with E-state index in [9.17, 15) is 0 Å². The second kappa shape index (κ2) is 7.80. The van der Waals surface area contributed by atoms with Crippen LogP contribution in [-0.2, 0) is 12.0 Å². The summed E-state index contributed by atoms with van der Waals surface area (Å²) in [6.07, 6.45) is 0. The summed E-state index contributed by atoms with van der Waals surface area (Å²) < 4.78 is 11.0. The summed E-state index contributed by atoms with van der Waals surface area (Å²) >= 11 is 0. The van der Waals surface area contributed by atoms with E-state index in [1.807, 2.05) is 36.4 Å². The number of nitrogens with two attached hydrogens (primary N) is 1. The lowest BCUT2D eigenvalue weighted by atomic mass is 9.87. The van der Waals surface area contributed by atoms with Crippen LogP contribution in [0.1, 0.15) is 49.6 Å². The number of hydrogen-bond donors (Lipinski definition) is 2. The molecule has 6 heteroatoms. The number of rotatable bonds is 6. The Labute approximate surface area is 159 Å². The van der Waals surface area contributed by atoms with Crippen molar-refractivity contribution < 1.29 is 9.47 Å². The maximum Gasteiger partial charge on any atom is 0.172 e. The van der Waals surface area contributed by atoms with Gasteiger partial charge in [0.05, 0.1) is 13.2 Å². The van der Waals surface area contributed by atoms with Crippen molar-refractivity contribution in [3.05, 3.63) is 71.3 Å². The van der Waals surface area contributed by atoms with Gasteiger partial charge >= 0.3 is 0 Å². The van der Waals surface area contributed by atoms with Gasteiger partial charge in [0.25, 0.3) is 0 Å². The number of aromatic nitrogens is 3. The topological polar surface area (TPSA) is 86.0 Å². The van der Waals surface area contributed by atoms with E-state index in [0.29, 0.717) is 18.3 Å². The molecule has 6 nitrogen and oxygen atoms in total. The van der Waals surface area contributed by atoms with E-state index in [0.717, 1.165) is 17.1 Å². The second-order valence-corrected chi connectivity index (χ2v) is 7.45. The molecular weight excluding hydrogens is 340 g/mol. The molecule has 3 aromatic rings. The third-order valence-electron chi connectivity index (χ3n) is 4.40. The second-order valence-electron chi connectivity index (χ2n) is 7.45. The van der Waals surface area contributed by atoms with Crippen molar-refractivity contribution in [1.29, 1.82) is 0 Å². The van der Waals surface area contributed by atoms with Crippen LogP contribution < -0.4 is 15.2 Å². The zero-order valence-electron chi connectivity index (χ0n) is 16.2. The van der Waals surface area contributed by atoms with Gasteiger partial charge < -0.3 is 15.2 Å². The fourth-order valence-corrected chi connectivity index (χ4v) is 2.68. The lowest BCUT2D eigenvalue weighted by Gasteiger charge is -2.19. The Morgan fingerprint density at radius 1 is 1.00 bits per heavy atom. The van der Waals surface area contributed by atoms with Crippen LogP contribution in [0.3, 0.4) is 0 Å². The van der Waals surface area contributed by atoms with Crippen molar-refractivity contribution in [3.8, 4) is 11.5 Å². The van der Waals surface area contributed by atoms with E-state index in [1.54, 1.807) is 7.11 Å². The van der Waals surface area contributed by atoms with Crippen LogP contribution in [0.2, 0.25) is 0 Å². The molecule has 3 rings (SSSR count). The number of nitrogens with one attached hydrogen (secondary N) is 1. The molecule has 0 aliphatic carbocycles. The van der Waals surface area contributed by atoms with Crippen molar-refractivity contribution in [2.24, 2.45) is 5.73 Å². The molecule has 0 spiro atoms. The first kappa shape index (κ1) is 18.9. The van der Waals surface area contributed by atoms with Crippen molar-refractivity contribution in [2.75, 3.05) is 7.11 Å². The lowest BCUT2D eigenvalue weighted by Crippen LogP contribution is -2.13. The quantitative estimate of drug-likeness (QED) is 0.694. The lowest BCUT2D eigenvalue weighted by molar-refractivity contribution is 0.296. The Morgan fingerprint density at radius 2 is 1.63 bits per heavy atom. The third kappa shape index (κ3) is 4.65. The molecule has 1 heterocycles. The number of hydrogen-bond acceptors (Lipinski definition) is 5. The number of aromatic amines is 1. The fraction of sp³-hybridized carbons (Fsp3) is 0.333. The van der Waals surface area contributed by atoms with Crippen LogP contribution >= 0.6 is 0 Å².